The molecular weight excluding hydrogens is 420 g/mol. The van der Waals surface area contributed by atoms with Crippen LogP contribution in [0, 0.1) is 17.8 Å². The maximum absolute atomic E-state index is 13.0. The monoisotopic (exact) mass is 452 g/mol. The lowest BCUT2D eigenvalue weighted by molar-refractivity contribution is -0.117. The van der Waals surface area contributed by atoms with E-state index in [2.05, 4.69) is 22.2 Å². The van der Waals surface area contributed by atoms with Gasteiger partial charge in [-0.3, -0.25) is 4.79 Å². The number of sulfonamides is 1. The highest BCUT2D eigenvalue weighted by molar-refractivity contribution is 7.89. The van der Waals surface area contributed by atoms with Gasteiger partial charge >= 0.3 is 0 Å². The van der Waals surface area contributed by atoms with Gasteiger partial charge in [0.1, 0.15) is 0 Å². The molecule has 3 atom stereocenters. The average Bonchev–Trinajstić information content (AvgIpc) is 3.36. The van der Waals surface area contributed by atoms with E-state index in [4.69, 9.17) is 0 Å². The molecular formula is C26H32N2O3S. The Balaban J connectivity index is 1.29. The first-order valence-corrected chi connectivity index (χ1v) is 13.5. The summed E-state index contributed by atoms with van der Waals surface area (Å²) in [6.07, 6.45) is 9.25. The molecule has 170 valence electrons. The molecule has 3 aliphatic rings. The Morgan fingerprint density at radius 2 is 1.56 bits per heavy atom. The third-order valence-electron chi connectivity index (χ3n) is 7.67. The lowest BCUT2D eigenvalue weighted by atomic mass is 9.93. The van der Waals surface area contributed by atoms with E-state index in [1.54, 1.807) is 24.3 Å². The lowest BCUT2D eigenvalue weighted by Gasteiger charge is -2.23. The highest BCUT2D eigenvalue weighted by atomic mass is 32.2. The molecule has 0 spiro atoms. The fourth-order valence-corrected chi connectivity index (χ4v) is 7.41. The van der Waals surface area contributed by atoms with Crippen molar-refractivity contribution in [3.8, 4) is 0 Å². The van der Waals surface area contributed by atoms with Gasteiger partial charge in [0, 0.05) is 18.2 Å². The molecule has 0 aromatic heterocycles. The van der Waals surface area contributed by atoms with E-state index in [1.165, 1.54) is 36.8 Å². The van der Waals surface area contributed by atoms with Crippen molar-refractivity contribution in [2.45, 2.75) is 68.7 Å². The number of amides is 1. The van der Waals surface area contributed by atoms with Gasteiger partial charge in [0.25, 0.3) is 0 Å². The van der Waals surface area contributed by atoms with Crippen LogP contribution >= 0.6 is 0 Å². The van der Waals surface area contributed by atoms with Crippen LogP contribution in [0.4, 0.5) is 5.69 Å². The van der Waals surface area contributed by atoms with Crippen molar-refractivity contribution in [2.24, 2.45) is 17.8 Å². The molecule has 32 heavy (non-hydrogen) atoms. The van der Waals surface area contributed by atoms with Crippen LogP contribution in [0.3, 0.4) is 0 Å². The normalized spacial score (nSPS) is 25.3. The van der Waals surface area contributed by atoms with E-state index in [1.807, 2.05) is 12.1 Å². The van der Waals surface area contributed by atoms with E-state index in [0.717, 1.165) is 31.4 Å². The van der Waals surface area contributed by atoms with Crippen molar-refractivity contribution in [1.82, 2.24) is 4.72 Å². The first-order valence-electron chi connectivity index (χ1n) is 12.0. The number of carbonyl (C=O) groups excluding carboxylic acids is 1. The van der Waals surface area contributed by atoms with Crippen LogP contribution < -0.4 is 10.0 Å². The highest BCUT2D eigenvalue weighted by Crippen LogP contribution is 2.41. The summed E-state index contributed by atoms with van der Waals surface area (Å²) in [5.41, 5.74) is 3.40. The molecule has 2 N–H and O–H groups in total. The van der Waals surface area contributed by atoms with Crippen molar-refractivity contribution in [3.63, 3.8) is 0 Å². The maximum Gasteiger partial charge on any atom is 0.240 e. The van der Waals surface area contributed by atoms with Gasteiger partial charge in [-0.1, -0.05) is 37.1 Å². The average molecular weight is 453 g/mol. The van der Waals surface area contributed by atoms with Crippen molar-refractivity contribution < 1.29 is 13.2 Å². The second kappa shape index (κ2) is 8.99. The van der Waals surface area contributed by atoms with E-state index in [9.17, 15) is 13.2 Å². The van der Waals surface area contributed by atoms with Crippen LogP contribution in [-0.2, 0) is 27.7 Å². The minimum atomic E-state index is -3.53. The van der Waals surface area contributed by atoms with Crippen molar-refractivity contribution >= 4 is 21.6 Å². The number of anilines is 1. The van der Waals surface area contributed by atoms with Crippen LogP contribution in [0.2, 0.25) is 0 Å². The predicted octanol–water partition coefficient (Wildman–Crippen LogP) is 4.68. The van der Waals surface area contributed by atoms with Crippen molar-refractivity contribution in [1.29, 1.82) is 0 Å². The van der Waals surface area contributed by atoms with E-state index in [0.29, 0.717) is 23.2 Å². The number of nitrogens with one attached hydrogen (secondary N) is 2. The van der Waals surface area contributed by atoms with Gasteiger partial charge in [-0.2, -0.15) is 0 Å². The Bertz CT molecular complexity index is 1080. The molecule has 0 radical (unpaired) electrons. The molecule has 6 heteroatoms. The molecule has 2 bridgehead atoms. The second-order valence-electron chi connectivity index (χ2n) is 9.85. The summed E-state index contributed by atoms with van der Waals surface area (Å²) in [5.74, 6) is 1.23. The maximum atomic E-state index is 13.0. The SMILES string of the molecule is O=C(CC1CCCC1)Nc1ccc2c(c1)CC1CCC(C2)C1NS(=O)(=O)c1ccccc1. The molecule has 2 saturated carbocycles. The third-order valence-corrected chi connectivity index (χ3v) is 9.15. The van der Waals surface area contributed by atoms with Gasteiger partial charge in [-0.15, -0.1) is 0 Å². The largest absolute Gasteiger partial charge is 0.326 e. The third kappa shape index (κ3) is 4.62. The van der Waals surface area contributed by atoms with Gasteiger partial charge < -0.3 is 5.32 Å². The molecule has 2 aromatic carbocycles. The van der Waals surface area contributed by atoms with Gasteiger partial charge in [-0.25, -0.2) is 13.1 Å². The zero-order valence-corrected chi connectivity index (χ0v) is 19.2. The predicted molar refractivity (Wildman–Crippen MR) is 126 cm³/mol. The topological polar surface area (TPSA) is 75.3 Å². The minimum Gasteiger partial charge on any atom is -0.326 e. The quantitative estimate of drug-likeness (QED) is 0.668. The first-order chi connectivity index (χ1) is 15.5. The van der Waals surface area contributed by atoms with Crippen LogP contribution in [0.15, 0.2) is 53.4 Å². The number of benzene rings is 2. The molecule has 1 amide bonds. The molecule has 5 nitrogen and oxygen atoms in total. The lowest BCUT2D eigenvalue weighted by Crippen LogP contribution is -2.41. The Kier molecular flexibility index (Phi) is 6.08. The number of rotatable bonds is 6. The fourth-order valence-electron chi connectivity index (χ4n) is 6.02. The smallest absolute Gasteiger partial charge is 0.240 e. The Morgan fingerprint density at radius 3 is 2.28 bits per heavy atom. The van der Waals surface area contributed by atoms with Crippen LogP contribution in [0.1, 0.15) is 56.1 Å². The van der Waals surface area contributed by atoms with E-state index >= 15 is 0 Å². The summed E-state index contributed by atoms with van der Waals surface area (Å²) in [5, 5.41) is 3.10. The van der Waals surface area contributed by atoms with Gasteiger partial charge in [0.05, 0.1) is 4.90 Å². The number of fused-ring (bicyclic) bond motifs is 3. The summed E-state index contributed by atoms with van der Waals surface area (Å²) in [6.45, 7) is 0. The zero-order valence-electron chi connectivity index (χ0n) is 18.4. The Labute approximate surface area is 191 Å². The molecule has 0 heterocycles. The molecule has 5 rings (SSSR count). The zero-order chi connectivity index (χ0) is 22.1. The molecule has 3 aliphatic carbocycles. The second-order valence-corrected chi connectivity index (χ2v) is 11.6. The standard InChI is InChI=1S/C26H32N2O3S/c29-25(14-18-6-4-5-7-18)27-23-13-12-19-15-20-10-11-21(16-22(19)17-23)26(20)28-32(30,31)24-8-2-1-3-9-24/h1-3,8-9,12-13,17-18,20-21,26,28H,4-7,10-11,14-16H2,(H,27,29). The minimum absolute atomic E-state index is 0.0481. The Morgan fingerprint density at radius 1 is 0.875 bits per heavy atom. The Hall–Kier alpha value is -2.18. The van der Waals surface area contributed by atoms with Crippen LogP contribution in [-0.4, -0.2) is 20.4 Å². The summed E-state index contributed by atoms with van der Waals surface area (Å²) >= 11 is 0. The molecule has 3 unspecified atom stereocenters. The van der Waals surface area contributed by atoms with Crippen molar-refractivity contribution in [3.05, 3.63) is 59.7 Å². The summed E-state index contributed by atoms with van der Waals surface area (Å²) in [4.78, 5) is 12.8. The first kappa shape index (κ1) is 21.7. The van der Waals surface area contributed by atoms with Gasteiger partial charge in [0.2, 0.25) is 15.9 Å². The van der Waals surface area contributed by atoms with Crippen LogP contribution in [0.5, 0.6) is 0 Å². The molecule has 0 aliphatic heterocycles. The highest BCUT2D eigenvalue weighted by Gasteiger charge is 2.41. The molecule has 2 fully saturated rings. The molecule has 2 aromatic rings. The molecule has 0 saturated heterocycles. The number of hydrogen-bond acceptors (Lipinski definition) is 3. The fraction of sp³-hybridized carbons (Fsp3) is 0.500. The van der Waals surface area contributed by atoms with E-state index in [-0.39, 0.29) is 17.9 Å². The van der Waals surface area contributed by atoms with Gasteiger partial charge in [-0.05, 0) is 91.7 Å². The van der Waals surface area contributed by atoms with Gasteiger partial charge in [0.15, 0.2) is 0 Å². The van der Waals surface area contributed by atoms with Crippen molar-refractivity contribution in [2.75, 3.05) is 5.32 Å². The summed E-state index contributed by atoms with van der Waals surface area (Å²) in [7, 11) is -3.53. The van der Waals surface area contributed by atoms with E-state index < -0.39 is 10.0 Å². The summed E-state index contributed by atoms with van der Waals surface area (Å²) in [6, 6.07) is 14.8. The number of hydrogen-bond donors (Lipinski definition) is 2. The van der Waals surface area contributed by atoms with Crippen LogP contribution in [0.25, 0.3) is 0 Å². The number of carbonyl (C=O) groups is 1. The summed E-state index contributed by atoms with van der Waals surface area (Å²) < 4.78 is 29.0.